The van der Waals surface area contributed by atoms with Crippen molar-refractivity contribution in [1.29, 1.82) is 0 Å². The van der Waals surface area contributed by atoms with Gasteiger partial charge in [-0.1, -0.05) is 53.2 Å². The van der Waals surface area contributed by atoms with E-state index >= 15 is 4.79 Å². The van der Waals surface area contributed by atoms with Gasteiger partial charge in [-0.3, -0.25) is 4.79 Å². The molecule has 4 saturated heterocycles. The third kappa shape index (κ3) is 10.9. The lowest BCUT2D eigenvalue weighted by molar-refractivity contribution is -0.375. The van der Waals surface area contributed by atoms with E-state index in [1.807, 2.05) is 13.8 Å². The Morgan fingerprint density at radius 2 is 1.12 bits per heavy atom. The van der Waals surface area contributed by atoms with Crippen LogP contribution in [0, 0.1) is 45.3 Å². The van der Waals surface area contributed by atoms with E-state index in [2.05, 4.69) is 33.8 Å². The van der Waals surface area contributed by atoms with Crippen LogP contribution in [0.15, 0.2) is 11.6 Å². The highest BCUT2D eigenvalue weighted by molar-refractivity contribution is 5.88. The normalized spacial score (nSPS) is 50.5. The molecule has 7 fully saturated rings. The van der Waals surface area contributed by atoms with E-state index in [4.69, 9.17) is 37.9 Å². The molecule has 3 saturated carbocycles. The van der Waals surface area contributed by atoms with Gasteiger partial charge in [0.25, 0.3) is 0 Å². The third-order valence-electron chi connectivity index (χ3n) is 20.5. The van der Waals surface area contributed by atoms with Gasteiger partial charge >= 0.3 is 0 Å². The Bertz CT molecular complexity index is 2070. The van der Waals surface area contributed by atoms with Crippen LogP contribution in [0.4, 0.5) is 0 Å². The van der Waals surface area contributed by atoms with Crippen LogP contribution >= 0.6 is 0 Å². The molecule has 8 aliphatic rings. The van der Waals surface area contributed by atoms with E-state index in [1.54, 1.807) is 13.8 Å². The fourth-order valence-corrected chi connectivity index (χ4v) is 15.3. The molecule has 0 bridgehead atoms. The minimum absolute atomic E-state index is 0.00515. The van der Waals surface area contributed by atoms with Crippen molar-refractivity contribution >= 4 is 5.78 Å². The SMILES string of the molecule is CC(CCC(OC1OC(CO)C(O)C(O)C1OC1OC(CO)C(O)C(O)C1O)C(C)(C)O)C1CCC2(C)C3CC=C4C(CCC(OC5OC(COC6OC(CO)C(O)C(O)C6O)C(O)C(O)C5O)C4(C)C)C3(C)C(=O)CC12C. The summed E-state index contributed by atoms with van der Waals surface area (Å²) < 4.78 is 47.4. The first-order valence-corrected chi connectivity index (χ1v) is 27.9. The first-order chi connectivity index (χ1) is 36.4. The van der Waals surface area contributed by atoms with Gasteiger partial charge in [0.15, 0.2) is 25.2 Å². The van der Waals surface area contributed by atoms with E-state index in [-0.39, 0.29) is 41.3 Å². The maximum Gasteiger partial charge on any atom is 0.187 e. The van der Waals surface area contributed by atoms with Gasteiger partial charge < -0.3 is 114 Å². The molecule has 4 aliphatic heterocycles. The van der Waals surface area contributed by atoms with E-state index in [0.29, 0.717) is 32.1 Å². The Morgan fingerprint density at radius 1 is 0.615 bits per heavy atom. The molecular weight excluding hydrogens is 1030 g/mol. The average Bonchev–Trinajstić information content (AvgIpc) is 2.93. The van der Waals surface area contributed by atoms with Gasteiger partial charge in [-0.2, -0.15) is 0 Å². The zero-order valence-electron chi connectivity index (χ0n) is 46.0. The van der Waals surface area contributed by atoms with E-state index in [0.717, 1.165) is 18.4 Å². The second-order valence-corrected chi connectivity index (χ2v) is 25.7. The van der Waals surface area contributed by atoms with Gasteiger partial charge in [-0.05, 0) is 93.3 Å². The molecular formula is C54H90O24. The molecule has 0 aromatic heterocycles. The Kier molecular flexibility index (Phi) is 18.8. The second-order valence-electron chi connectivity index (χ2n) is 25.7. The number of aliphatic hydroxyl groups excluding tert-OH is 14. The van der Waals surface area contributed by atoms with E-state index < -0.39 is 183 Å². The standard InChI is InChI=1S/C54H90O24/c1-22(9-13-33(51(4,5)70)77-49-45(41(66)36(61)28(20-57)74-49)78-48-44(69)39(64)35(60)27(19-56)73-48)23-15-16-52(6)30-12-10-24-25(54(30,8)31(58)17-53(23,52)7)11-14-32(50(24,2)3)76-47-43(68)40(65)37(62)29(75-47)21-71-46-42(67)38(63)34(59)26(18-55)72-46/h10,22-23,25-30,32-49,55-57,59-70H,9,11-21H2,1-8H3. The number of hydrogen-bond donors (Lipinski definition) is 15. The summed E-state index contributed by atoms with van der Waals surface area (Å²) in [5.74, 6) is 0.115. The fraction of sp³-hybridized carbons (Fsp3) is 0.944. The van der Waals surface area contributed by atoms with Crippen molar-refractivity contribution in [3.05, 3.63) is 11.6 Å². The molecule has 4 heterocycles. The second kappa shape index (κ2) is 23.5. The predicted molar refractivity (Wildman–Crippen MR) is 267 cm³/mol. The van der Waals surface area contributed by atoms with Gasteiger partial charge in [-0.25, -0.2) is 0 Å². The molecule has 0 aromatic rings. The number of carbonyl (C=O) groups is 1. The van der Waals surface area contributed by atoms with Gasteiger partial charge in [-0.15, -0.1) is 0 Å². The van der Waals surface area contributed by atoms with Crippen molar-refractivity contribution in [2.45, 2.75) is 247 Å². The molecule has 29 atom stereocenters. The molecule has 15 N–H and O–H groups in total. The highest BCUT2D eigenvalue weighted by Gasteiger charge is 2.71. The number of Topliss-reactive ketones (excluding diaryl/α,β-unsaturated/α-hetero) is 1. The zero-order valence-corrected chi connectivity index (χ0v) is 46.0. The maximum absolute atomic E-state index is 15.2. The number of carbonyl (C=O) groups excluding carboxylic acids is 1. The monoisotopic (exact) mass is 1120 g/mol. The van der Waals surface area contributed by atoms with Crippen LogP contribution in [0.1, 0.15) is 107 Å². The first kappa shape index (κ1) is 62.5. The van der Waals surface area contributed by atoms with E-state index in [1.165, 1.54) is 0 Å². The molecule has 450 valence electrons. The number of allylic oxidation sites excluding steroid dienone is 1. The van der Waals surface area contributed by atoms with Crippen molar-refractivity contribution in [1.82, 2.24) is 0 Å². The highest BCUT2D eigenvalue weighted by atomic mass is 16.8. The molecule has 0 spiro atoms. The largest absolute Gasteiger partial charge is 0.394 e. The van der Waals surface area contributed by atoms with Crippen LogP contribution in [-0.4, -0.2) is 249 Å². The summed E-state index contributed by atoms with van der Waals surface area (Å²) in [6.07, 6.45) is -26.9. The average molecular weight is 1120 g/mol. The van der Waals surface area contributed by atoms with Crippen LogP contribution in [-0.2, 0) is 42.7 Å². The molecule has 0 aromatic carbocycles. The van der Waals surface area contributed by atoms with Crippen molar-refractivity contribution in [3.8, 4) is 0 Å². The molecule has 0 amide bonds. The van der Waals surface area contributed by atoms with Gasteiger partial charge in [0, 0.05) is 17.3 Å². The fourth-order valence-electron chi connectivity index (χ4n) is 15.3. The molecule has 78 heavy (non-hydrogen) atoms. The Hall–Kier alpha value is -1.51. The summed E-state index contributed by atoms with van der Waals surface area (Å²) in [4.78, 5) is 15.2. The first-order valence-electron chi connectivity index (χ1n) is 27.9. The summed E-state index contributed by atoms with van der Waals surface area (Å²) in [6, 6.07) is 0. The van der Waals surface area contributed by atoms with Crippen molar-refractivity contribution in [2.24, 2.45) is 45.3 Å². The molecule has 24 nitrogen and oxygen atoms in total. The van der Waals surface area contributed by atoms with Crippen LogP contribution in [0.25, 0.3) is 0 Å². The Morgan fingerprint density at radius 3 is 1.68 bits per heavy atom. The number of aliphatic hydroxyl groups is 15. The van der Waals surface area contributed by atoms with Gasteiger partial charge in [0.05, 0.1) is 44.2 Å². The molecule has 4 aliphatic carbocycles. The lowest BCUT2D eigenvalue weighted by Gasteiger charge is -2.65. The number of ether oxygens (including phenoxy) is 8. The van der Waals surface area contributed by atoms with Crippen molar-refractivity contribution in [3.63, 3.8) is 0 Å². The summed E-state index contributed by atoms with van der Waals surface area (Å²) in [5, 5.41) is 159. The van der Waals surface area contributed by atoms with Crippen LogP contribution < -0.4 is 0 Å². The van der Waals surface area contributed by atoms with Crippen LogP contribution in [0.2, 0.25) is 0 Å². The number of hydrogen-bond acceptors (Lipinski definition) is 24. The molecule has 0 radical (unpaired) electrons. The van der Waals surface area contributed by atoms with Crippen molar-refractivity contribution < 1.29 is 119 Å². The van der Waals surface area contributed by atoms with Crippen LogP contribution in [0.3, 0.4) is 0 Å². The maximum atomic E-state index is 15.2. The van der Waals surface area contributed by atoms with Crippen molar-refractivity contribution in [2.75, 3.05) is 26.4 Å². The number of fused-ring (bicyclic) bond motifs is 5. The molecule has 24 heteroatoms. The van der Waals surface area contributed by atoms with Gasteiger partial charge in [0.1, 0.15) is 103 Å². The minimum Gasteiger partial charge on any atom is -0.394 e. The summed E-state index contributed by atoms with van der Waals surface area (Å²) in [6.45, 7) is 13.3. The lowest BCUT2D eigenvalue weighted by Crippen LogP contribution is -2.65. The lowest BCUT2D eigenvalue weighted by atomic mass is 9.38. The highest BCUT2D eigenvalue weighted by Crippen LogP contribution is 2.74. The summed E-state index contributed by atoms with van der Waals surface area (Å²) in [5.41, 5.74) is -2.59. The third-order valence-corrected chi connectivity index (χ3v) is 20.5. The van der Waals surface area contributed by atoms with E-state index in [9.17, 15) is 76.6 Å². The zero-order chi connectivity index (χ0) is 57.5. The molecule has 29 unspecified atom stereocenters. The quantitative estimate of drug-likeness (QED) is 0.0645. The Labute approximate surface area is 454 Å². The number of rotatable bonds is 17. The predicted octanol–water partition coefficient (Wildman–Crippen LogP) is -3.02. The number of ketones is 1. The minimum atomic E-state index is -1.86. The molecule has 8 rings (SSSR count). The van der Waals surface area contributed by atoms with Crippen LogP contribution in [0.5, 0.6) is 0 Å². The topological polar surface area (TPSA) is 394 Å². The smallest absolute Gasteiger partial charge is 0.187 e. The van der Waals surface area contributed by atoms with Gasteiger partial charge in [0.2, 0.25) is 0 Å². The Balaban J connectivity index is 0.941. The summed E-state index contributed by atoms with van der Waals surface area (Å²) >= 11 is 0. The summed E-state index contributed by atoms with van der Waals surface area (Å²) in [7, 11) is 0.